The fourth-order valence-electron chi connectivity index (χ4n) is 5.10. The standard InChI is InChI=1S/C24H29N3O2/c1-16(2)15-27-23(29)19-9-5-4-8-18(19)21(24(27)11-6-7-12-24)22(28)26-20-14-17(3)10-13-25-20/h4-5,8-10,13-14,16,21H,6-7,11-12,15H2,1-3H3,(H,25,26,28). The Labute approximate surface area is 172 Å². The van der Waals surface area contributed by atoms with E-state index in [0.717, 1.165) is 36.8 Å². The van der Waals surface area contributed by atoms with Gasteiger partial charge in [0.1, 0.15) is 5.82 Å². The van der Waals surface area contributed by atoms with Gasteiger partial charge in [-0.1, -0.05) is 44.9 Å². The van der Waals surface area contributed by atoms with Crippen LogP contribution < -0.4 is 5.32 Å². The van der Waals surface area contributed by atoms with Crippen LogP contribution in [0, 0.1) is 12.8 Å². The highest BCUT2D eigenvalue weighted by atomic mass is 16.2. The normalized spacial score (nSPS) is 20.2. The van der Waals surface area contributed by atoms with Gasteiger partial charge in [0.05, 0.1) is 11.5 Å². The van der Waals surface area contributed by atoms with Crippen molar-refractivity contribution in [2.24, 2.45) is 5.92 Å². The molecule has 1 aliphatic carbocycles. The lowest BCUT2D eigenvalue weighted by Crippen LogP contribution is -2.60. The monoisotopic (exact) mass is 391 g/mol. The van der Waals surface area contributed by atoms with Crippen LogP contribution in [0.4, 0.5) is 5.82 Å². The highest BCUT2D eigenvalue weighted by Crippen LogP contribution is 2.50. The second-order valence-corrected chi connectivity index (χ2v) is 8.85. The molecule has 5 nitrogen and oxygen atoms in total. The predicted octanol–water partition coefficient (Wildman–Crippen LogP) is 4.54. The lowest BCUT2D eigenvalue weighted by atomic mass is 9.70. The predicted molar refractivity (Wildman–Crippen MR) is 114 cm³/mol. The summed E-state index contributed by atoms with van der Waals surface area (Å²) in [5.74, 6) is 0.504. The molecule has 1 unspecified atom stereocenters. The number of carbonyl (C=O) groups is 2. The largest absolute Gasteiger partial charge is 0.332 e. The van der Waals surface area contributed by atoms with E-state index in [1.807, 2.05) is 48.2 Å². The van der Waals surface area contributed by atoms with Crippen molar-refractivity contribution in [2.45, 2.75) is 57.9 Å². The summed E-state index contributed by atoms with van der Waals surface area (Å²) in [6, 6.07) is 11.4. The van der Waals surface area contributed by atoms with Gasteiger partial charge in [-0.25, -0.2) is 4.98 Å². The van der Waals surface area contributed by atoms with E-state index < -0.39 is 5.54 Å². The van der Waals surface area contributed by atoms with Gasteiger partial charge >= 0.3 is 0 Å². The SMILES string of the molecule is Cc1ccnc(NC(=O)C2c3ccccc3C(=O)N(CC(C)C)C23CCCC3)c1. The molecule has 152 valence electrons. The topological polar surface area (TPSA) is 62.3 Å². The number of nitrogens with one attached hydrogen (secondary N) is 1. The maximum atomic E-state index is 13.7. The van der Waals surface area contributed by atoms with Gasteiger partial charge in [0.15, 0.2) is 0 Å². The summed E-state index contributed by atoms with van der Waals surface area (Å²) in [6.45, 7) is 6.90. The van der Waals surface area contributed by atoms with Gasteiger partial charge < -0.3 is 10.2 Å². The smallest absolute Gasteiger partial charge is 0.254 e. The molecule has 1 saturated carbocycles. The number of anilines is 1. The lowest BCUT2D eigenvalue weighted by molar-refractivity contribution is -0.121. The summed E-state index contributed by atoms with van der Waals surface area (Å²) in [4.78, 5) is 33.4. The maximum Gasteiger partial charge on any atom is 0.254 e. The second kappa shape index (κ2) is 7.62. The van der Waals surface area contributed by atoms with Gasteiger partial charge in [-0.05, 0) is 55.0 Å². The van der Waals surface area contributed by atoms with Gasteiger partial charge in [-0.2, -0.15) is 0 Å². The van der Waals surface area contributed by atoms with Crippen molar-refractivity contribution in [3.63, 3.8) is 0 Å². The van der Waals surface area contributed by atoms with Gasteiger partial charge in [0, 0.05) is 18.3 Å². The van der Waals surface area contributed by atoms with Crippen molar-refractivity contribution in [3.05, 3.63) is 59.3 Å². The molecular formula is C24H29N3O2. The molecule has 4 rings (SSSR count). The lowest BCUT2D eigenvalue weighted by Gasteiger charge is -2.50. The van der Waals surface area contributed by atoms with E-state index in [0.29, 0.717) is 23.8 Å². The summed E-state index contributed by atoms with van der Waals surface area (Å²) < 4.78 is 0. The Morgan fingerprint density at radius 2 is 1.97 bits per heavy atom. The summed E-state index contributed by atoms with van der Waals surface area (Å²) >= 11 is 0. The van der Waals surface area contributed by atoms with Crippen LogP contribution in [0.2, 0.25) is 0 Å². The Balaban J connectivity index is 1.81. The van der Waals surface area contributed by atoms with Gasteiger partial charge in [-0.15, -0.1) is 0 Å². The van der Waals surface area contributed by atoms with E-state index in [2.05, 4.69) is 24.1 Å². The maximum absolute atomic E-state index is 13.7. The average Bonchev–Trinajstić information content (AvgIpc) is 3.15. The fourth-order valence-corrected chi connectivity index (χ4v) is 5.10. The molecule has 0 radical (unpaired) electrons. The molecule has 1 spiro atoms. The van der Waals surface area contributed by atoms with Gasteiger partial charge in [0.2, 0.25) is 5.91 Å². The molecule has 2 aliphatic rings. The quantitative estimate of drug-likeness (QED) is 0.832. The molecule has 2 amide bonds. The second-order valence-electron chi connectivity index (χ2n) is 8.85. The minimum atomic E-state index is -0.455. The molecular weight excluding hydrogens is 362 g/mol. The van der Waals surface area contributed by atoms with Crippen LogP contribution in [0.15, 0.2) is 42.6 Å². The minimum absolute atomic E-state index is 0.0638. The zero-order chi connectivity index (χ0) is 20.6. The van der Waals surface area contributed by atoms with Crippen LogP contribution in [-0.2, 0) is 4.79 Å². The first-order valence-electron chi connectivity index (χ1n) is 10.6. The highest BCUT2D eigenvalue weighted by molar-refractivity contribution is 6.05. The van der Waals surface area contributed by atoms with Crippen molar-refractivity contribution in [1.82, 2.24) is 9.88 Å². The Morgan fingerprint density at radius 1 is 1.24 bits per heavy atom. The number of aryl methyl sites for hydroxylation is 1. The molecule has 1 atom stereocenters. The van der Waals surface area contributed by atoms with Gasteiger partial charge in [-0.3, -0.25) is 9.59 Å². The molecule has 2 heterocycles. The van der Waals surface area contributed by atoms with Crippen LogP contribution in [0.5, 0.6) is 0 Å². The first kappa shape index (κ1) is 19.6. The van der Waals surface area contributed by atoms with E-state index in [9.17, 15) is 9.59 Å². The first-order valence-corrected chi connectivity index (χ1v) is 10.6. The van der Waals surface area contributed by atoms with E-state index in [-0.39, 0.29) is 17.7 Å². The van der Waals surface area contributed by atoms with Crippen LogP contribution in [0.1, 0.15) is 66.9 Å². The Kier molecular flexibility index (Phi) is 5.15. The summed E-state index contributed by atoms with van der Waals surface area (Å²) in [6.07, 6.45) is 5.50. The highest BCUT2D eigenvalue weighted by Gasteiger charge is 2.55. The first-order chi connectivity index (χ1) is 13.9. The van der Waals surface area contributed by atoms with Crippen molar-refractivity contribution < 1.29 is 9.59 Å². The number of hydrogen-bond acceptors (Lipinski definition) is 3. The van der Waals surface area contributed by atoms with E-state index >= 15 is 0 Å². The van der Waals surface area contributed by atoms with E-state index in [1.165, 1.54) is 0 Å². The minimum Gasteiger partial charge on any atom is -0.332 e. The molecule has 1 aromatic heterocycles. The molecule has 1 N–H and O–H groups in total. The Bertz CT molecular complexity index is 931. The number of fused-ring (bicyclic) bond motifs is 1. The third-order valence-corrected chi connectivity index (χ3v) is 6.27. The average molecular weight is 392 g/mol. The van der Waals surface area contributed by atoms with Crippen molar-refractivity contribution in [1.29, 1.82) is 0 Å². The number of carbonyl (C=O) groups excluding carboxylic acids is 2. The molecule has 1 aromatic carbocycles. The number of hydrogen-bond donors (Lipinski definition) is 1. The number of nitrogens with zero attached hydrogens (tertiary/aromatic N) is 2. The zero-order valence-corrected chi connectivity index (χ0v) is 17.4. The summed E-state index contributed by atoms with van der Waals surface area (Å²) in [5.41, 5.74) is 2.10. The third-order valence-electron chi connectivity index (χ3n) is 6.27. The van der Waals surface area contributed by atoms with Crippen LogP contribution in [0.3, 0.4) is 0 Å². The van der Waals surface area contributed by atoms with Crippen molar-refractivity contribution in [2.75, 3.05) is 11.9 Å². The summed E-state index contributed by atoms with van der Waals surface area (Å²) in [7, 11) is 0. The molecule has 5 heteroatoms. The Hall–Kier alpha value is -2.69. The molecule has 1 fully saturated rings. The fraction of sp³-hybridized carbons (Fsp3) is 0.458. The molecule has 29 heavy (non-hydrogen) atoms. The number of pyridine rings is 1. The number of rotatable bonds is 4. The zero-order valence-electron chi connectivity index (χ0n) is 17.4. The number of aromatic nitrogens is 1. The third kappa shape index (κ3) is 3.43. The van der Waals surface area contributed by atoms with Crippen LogP contribution >= 0.6 is 0 Å². The Morgan fingerprint density at radius 3 is 2.66 bits per heavy atom. The molecule has 1 aliphatic heterocycles. The van der Waals surface area contributed by atoms with Crippen molar-refractivity contribution in [3.8, 4) is 0 Å². The van der Waals surface area contributed by atoms with Crippen LogP contribution in [-0.4, -0.2) is 33.8 Å². The van der Waals surface area contributed by atoms with E-state index in [1.54, 1.807) is 6.20 Å². The van der Waals surface area contributed by atoms with Crippen molar-refractivity contribution >= 4 is 17.6 Å². The molecule has 0 bridgehead atoms. The number of benzene rings is 1. The van der Waals surface area contributed by atoms with Gasteiger partial charge in [0.25, 0.3) is 5.91 Å². The number of amides is 2. The van der Waals surface area contributed by atoms with Crippen LogP contribution in [0.25, 0.3) is 0 Å². The summed E-state index contributed by atoms with van der Waals surface area (Å²) in [5, 5.41) is 3.05. The molecule has 2 aromatic rings. The van der Waals surface area contributed by atoms with E-state index in [4.69, 9.17) is 0 Å². The molecule has 0 saturated heterocycles.